The van der Waals surface area contributed by atoms with Crippen LogP contribution in [0.3, 0.4) is 0 Å². The number of phenols is 1. The Labute approximate surface area is 213 Å². The molecule has 0 saturated heterocycles. The summed E-state index contributed by atoms with van der Waals surface area (Å²) in [5, 5.41) is 19.4. The number of carbonyl (C=O) groups excluding carboxylic acids is 1. The molecule has 17 heteroatoms. The number of anilines is 3. The second-order valence-electron chi connectivity index (χ2n) is 7.64. The molecule has 0 fully saturated rings. The van der Waals surface area contributed by atoms with E-state index in [-0.39, 0.29) is 52.5 Å². The number of hydrogen-bond acceptors (Lipinski definition) is 9. The number of aromatic nitrogens is 5. The summed E-state index contributed by atoms with van der Waals surface area (Å²) in [6.45, 7) is 0.0452. The fourth-order valence-corrected chi connectivity index (χ4v) is 3.43. The highest BCUT2D eigenvalue weighted by atomic mass is 35.5. The van der Waals surface area contributed by atoms with Crippen molar-refractivity contribution in [3.63, 3.8) is 0 Å². The number of rotatable bonds is 7. The zero-order valence-corrected chi connectivity index (χ0v) is 19.4. The summed E-state index contributed by atoms with van der Waals surface area (Å²) in [7, 11) is 0. The highest BCUT2D eigenvalue weighted by Gasteiger charge is 2.40. The number of phenolic OH excluding ortho intramolecular Hbond substituents is 1. The van der Waals surface area contributed by atoms with Crippen molar-refractivity contribution >= 4 is 40.6 Å². The molecule has 0 spiro atoms. The number of pyridine rings is 1. The van der Waals surface area contributed by atoms with E-state index in [1.165, 1.54) is 24.3 Å². The predicted octanol–water partition coefficient (Wildman–Crippen LogP) is 4.42. The van der Waals surface area contributed by atoms with Crippen LogP contribution in [0.4, 0.5) is 43.9 Å². The van der Waals surface area contributed by atoms with Crippen LogP contribution < -0.4 is 16.4 Å². The lowest BCUT2D eigenvalue weighted by atomic mass is 10.1. The van der Waals surface area contributed by atoms with Gasteiger partial charge in [-0.2, -0.15) is 30.9 Å². The molecule has 0 radical (unpaired) electrons. The predicted molar refractivity (Wildman–Crippen MR) is 124 cm³/mol. The van der Waals surface area contributed by atoms with Crippen molar-refractivity contribution in [2.45, 2.75) is 12.4 Å². The minimum Gasteiger partial charge on any atom is -0.507 e. The smallest absolute Gasteiger partial charge is 0.455 e. The van der Waals surface area contributed by atoms with Gasteiger partial charge in [-0.15, -0.1) is 5.10 Å². The molecule has 0 saturated carbocycles. The summed E-state index contributed by atoms with van der Waals surface area (Å²) in [5.41, 5.74) is 4.69. The fraction of sp³-hybridized carbons (Fsp3) is 0.190. The minimum atomic E-state index is -5.11. The molecule has 3 aromatic heterocycles. The van der Waals surface area contributed by atoms with Crippen molar-refractivity contribution in [2.75, 3.05) is 29.5 Å². The molecular formula is C21H15ClF6N8O2. The maximum atomic E-state index is 13.2. The van der Waals surface area contributed by atoms with Crippen LogP contribution in [-0.2, 0) is 6.18 Å². The SMILES string of the molecule is Nc1nc(NCCNc2nc(-c3ccc(Cl)cc3O)cc3nc(C(F)(F)F)nn23)ccc1C(=O)C(F)(F)F. The number of nitrogens with zero attached hydrogens (tertiary/aromatic N) is 5. The first-order valence-corrected chi connectivity index (χ1v) is 10.8. The van der Waals surface area contributed by atoms with Gasteiger partial charge in [0.2, 0.25) is 5.95 Å². The number of halogens is 7. The van der Waals surface area contributed by atoms with Crippen molar-refractivity contribution in [1.29, 1.82) is 0 Å². The third-order valence-electron chi connectivity index (χ3n) is 4.96. The number of nitrogens with one attached hydrogen (secondary N) is 2. The second kappa shape index (κ2) is 9.85. The summed E-state index contributed by atoms with van der Waals surface area (Å²) < 4.78 is 78.3. The van der Waals surface area contributed by atoms with Gasteiger partial charge in [0.25, 0.3) is 11.6 Å². The number of benzene rings is 1. The van der Waals surface area contributed by atoms with Gasteiger partial charge in [-0.25, -0.2) is 15.0 Å². The Morgan fingerprint density at radius 1 is 1.00 bits per heavy atom. The van der Waals surface area contributed by atoms with E-state index < -0.39 is 35.3 Å². The van der Waals surface area contributed by atoms with E-state index in [1.54, 1.807) is 0 Å². The van der Waals surface area contributed by atoms with Gasteiger partial charge in [-0.1, -0.05) is 11.6 Å². The maximum absolute atomic E-state index is 13.2. The van der Waals surface area contributed by atoms with Crippen molar-refractivity contribution < 1.29 is 36.2 Å². The normalized spacial score (nSPS) is 12.1. The van der Waals surface area contributed by atoms with E-state index in [0.29, 0.717) is 0 Å². The van der Waals surface area contributed by atoms with Crippen LogP contribution in [0.15, 0.2) is 36.4 Å². The van der Waals surface area contributed by atoms with E-state index in [2.05, 4.69) is 30.7 Å². The standard InChI is InChI=1S/C21H15ClF6N8O2/c22-9-1-2-10(13(37)7-9)12-8-15-34-18(21(26,27)28)35-36(15)19(32-12)31-6-5-30-14-4-3-11(17(29)33-14)16(38)20(23,24)25/h1-4,7-8,37H,5-6H2,(H,31,32)(H3,29,30,33). The number of carbonyl (C=O) groups is 1. The van der Waals surface area contributed by atoms with Gasteiger partial charge in [0.1, 0.15) is 17.4 Å². The van der Waals surface area contributed by atoms with Gasteiger partial charge in [0, 0.05) is 29.7 Å². The number of hydrogen-bond donors (Lipinski definition) is 4. The van der Waals surface area contributed by atoms with Crippen molar-refractivity contribution in [3.05, 3.63) is 52.8 Å². The van der Waals surface area contributed by atoms with Crippen molar-refractivity contribution in [1.82, 2.24) is 24.6 Å². The Morgan fingerprint density at radius 3 is 2.34 bits per heavy atom. The van der Waals surface area contributed by atoms with Crippen molar-refractivity contribution in [2.24, 2.45) is 0 Å². The average Bonchev–Trinajstić information content (AvgIpc) is 3.26. The van der Waals surface area contributed by atoms with E-state index in [1.807, 2.05) is 0 Å². The van der Waals surface area contributed by atoms with E-state index in [9.17, 15) is 36.2 Å². The average molecular weight is 561 g/mol. The molecule has 0 aliphatic rings. The molecule has 0 amide bonds. The number of nitrogen functional groups attached to an aromatic ring is 1. The van der Waals surface area contributed by atoms with Crippen LogP contribution in [0.25, 0.3) is 16.9 Å². The van der Waals surface area contributed by atoms with Gasteiger partial charge in [-0.05, 0) is 30.3 Å². The first kappa shape index (κ1) is 26.7. The van der Waals surface area contributed by atoms with E-state index >= 15 is 0 Å². The van der Waals surface area contributed by atoms with Gasteiger partial charge in [0.05, 0.1) is 11.3 Å². The zero-order valence-electron chi connectivity index (χ0n) is 18.7. The number of aromatic hydroxyl groups is 1. The van der Waals surface area contributed by atoms with Crippen LogP contribution in [0, 0.1) is 0 Å². The van der Waals surface area contributed by atoms with E-state index in [4.69, 9.17) is 17.3 Å². The van der Waals surface area contributed by atoms with Gasteiger partial charge < -0.3 is 21.5 Å². The number of alkyl halides is 6. The third-order valence-corrected chi connectivity index (χ3v) is 5.19. The van der Waals surface area contributed by atoms with Gasteiger partial charge >= 0.3 is 12.4 Å². The Morgan fingerprint density at radius 2 is 1.71 bits per heavy atom. The Balaban J connectivity index is 1.55. The molecule has 5 N–H and O–H groups in total. The van der Waals surface area contributed by atoms with Crippen LogP contribution in [0.1, 0.15) is 16.2 Å². The van der Waals surface area contributed by atoms with Crippen LogP contribution in [0.2, 0.25) is 5.02 Å². The first-order chi connectivity index (χ1) is 17.7. The molecule has 4 rings (SSSR count). The maximum Gasteiger partial charge on any atom is 0.455 e. The summed E-state index contributed by atoms with van der Waals surface area (Å²) >= 11 is 5.84. The van der Waals surface area contributed by atoms with Crippen LogP contribution in [-0.4, -0.2) is 54.7 Å². The topological polar surface area (TPSA) is 143 Å². The zero-order chi connectivity index (χ0) is 27.8. The third kappa shape index (κ3) is 5.64. The molecule has 38 heavy (non-hydrogen) atoms. The highest BCUT2D eigenvalue weighted by molar-refractivity contribution is 6.30. The largest absolute Gasteiger partial charge is 0.507 e. The van der Waals surface area contributed by atoms with Gasteiger partial charge in [-0.3, -0.25) is 4.79 Å². The lowest BCUT2D eigenvalue weighted by Gasteiger charge is -2.12. The fourth-order valence-electron chi connectivity index (χ4n) is 3.27. The lowest BCUT2D eigenvalue weighted by Crippen LogP contribution is -2.24. The molecule has 0 unspecified atom stereocenters. The van der Waals surface area contributed by atoms with Crippen LogP contribution in [0.5, 0.6) is 5.75 Å². The molecule has 0 aliphatic heterocycles. The number of nitrogens with two attached hydrogens (primary N) is 1. The molecule has 200 valence electrons. The monoisotopic (exact) mass is 560 g/mol. The number of fused-ring (bicyclic) bond motifs is 1. The summed E-state index contributed by atoms with van der Waals surface area (Å²) in [4.78, 5) is 22.8. The summed E-state index contributed by atoms with van der Waals surface area (Å²) in [6.07, 6.45) is -9.95. The molecule has 4 aromatic rings. The van der Waals surface area contributed by atoms with Crippen LogP contribution >= 0.6 is 11.6 Å². The Bertz CT molecular complexity index is 1520. The van der Waals surface area contributed by atoms with E-state index in [0.717, 1.165) is 16.6 Å². The molecule has 0 atom stereocenters. The first-order valence-electron chi connectivity index (χ1n) is 10.4. The Kier molecular flexibility index (Phi) is 6.92. The van der Waals surface area contributed by atoms with Crippen molar-refractivity contribution in [3.8, 4) is 17.0 Å². The quantitative estimate of drug-likeness (QED) is 0.147. The molecule has 1 aromatic carbocycles. The highest BCUT2D eigenvalue weighted by Crippen LogP contribution is 2.33. The summed E-state index contributed by atoms with van der Waals surface area (Å²) in [6, 6.07) is 7.29. The molecule has 0 bridgehead atoms. The molecule has 0 aliphatic carbocycles. The second-order valence-corrected chi connectivity index (χ2v) is 8.08. The number of Topliss-reactive ketones (excluding diaryl/α,β-unsaturated/α-hetero) is 1. The lowest BCUT2D eigenvalue weighted by molar-refractivity contribution is -0.144. The molecule has 3 heterocycles. The summed E-state index contributed by atoms with van der Waals surface area (Å²) in [5.74, 6) is -4.56. The van der Waals surface area contributed by atoms with Gasteiger partial charge in [0.15, 0.2) is 5.65 Å². The Hall–Kier alpha value is -4.34. The molecular weight excluding hydrogens is 546 g/mol. The number of ketones is 1. The molecule has 10 nitrogen and oxygen atoms in total. The minimum absolute atomic E-state index is 0.00415.